The van der Waals surface area contributed by atoms with Crippen molar-refractivity contribution in [2.24, 2.45) is 0 Å². The lowest BCUT2D eigenvalue weighted by Crippen LogP contribution is -2.09. The highest BCUT2D eigenvalue weighted by atomic mass is 16.5. The fourth-order valence-corrected chi connectivity index (χ4v) is 1.55. The molecule has 1 aromatic rings. The first-order chi connectivity index (χ1) is 7.08. The van der Waals surface area contributed by atoms with Gasteiger partial charge in [-0.25, -0.2) is 0 Å². The lowest BCUT2D eigenvalue weighted by Gasteiger charge is -2.16. The van der Waals surface area contributed by atoms with Crippen molar-refractivity contribution in [3.8, 4) is 5.75 Å². The van der Waals surface area contributed by atoms with Crippen LogP contribution in [0, 0.1) is 13.8 Å². The van der Waals surface area contributed by atoms with Crippen LogP contribution in [-0.4, -0.2) is 11.2 Å². The summed E-state index contributed by atoms with van der Waals surface area (Å²) in [4.78, 5) is 0. The van der Waals surface area contributed by atoms with E-state index in [-0.39, 0.29) is 12.7 Å². The molecule has 2 heteroatoms. The van der Waals surface area contributed by atoms with E-state index in [0.717, 1.165) is 22.4 Å². The fourth-order valence-electron chi connectivity index (χ4n) is 1.55. The van der Waals surface area contributed by atoms with Crippen molar-refractivity contribution in [3.63, 3.8) is 0 Å². The summed E-state index contributed by atoms with van der Waals surface area (Å²) in [5, 5.41) is 9.05. The quantitative estimate of drug-likeness (QED) is 0.767. The van der Waals surface area contributed by atoms with Crippen LogP contribution in [0.25, 0.3) is 0 Å². The molecule has 0 saturated heterocycles. The summed E-state index contributed by atoms with van der Waals surface area (Å²) in [5.41, 5.74) is 3.02. The van der Waals surface area contributed by atoms with Crippen LogP contribution in [0.1, 0.15) is 23.6 Å². The van der Waals surface area contributed by atoms with Gasteiger partial charge in [-0.05, 0) is 37.5 Å². The van der Waals surface area contributed by atoms with Gasteiger partial charge in [0, 0.05) is 0 Å². The van der Waals surface area contributed by atoms with Crippen LogP contribution in [0.2, 0.25) is 0 Å². The Bertz CT molecular complexity index is 333. The Morgan fingerprint density at radius 2 is 1.93 bits per heavy atom. The summed E-state index contributed by atoms with van der Waals surface area (Å²) in [6.07, 6.45) is 1.76. The zero-order valence-corrected chi connectivity index (χ0v) is 9.58. The van der Waals surface area contributed by atoms with E-state index >= 15 is 0 Å². The van der Waals surface area contributed by atoms with Crippen molar-refractivity contribution in [2.45, 2.75) is 33.5 Å². The molecule has 0 aliphatic carbocycles. The van der Waals surface area contributed by atoms with Crippen molar-refractivity contribution < 1.29 is 9.84 Å². The van der Waals surface area contributed by atoms with Gasteiger partial charge in [0.05, 0.1) is 6.61 Å². The molecule has 0 saturated carbocycles. The molecule has 1 rings (SSSR count). The van der Waals surface area contributed by atoms with Crippen molar-refractivity contribution in [3.05, 3.63) is 41.5 Å². The third kappa shape index (κ3) is 2.83. The average Bonchev–Trinajstić information content (AvgIpc) is 2.22. The van der Waals surface area contributed by atoms with Gasteiger partial charge in [0.1, 0.15) is 11.9 Å². The minimum atomic E-state index is 0.00220. The number of rotatable bonds is 4. The van der Waals surface area contributed by atoms with Crippen LogP contribution in [0.5, 0.6) is 5.75 Å². The largest absolute Gasteiger partial charge is 0.486 e. The first-order valence-electron chi connectivity index (χ1n) is 5.08. The van der Waals surface area contributed by atoms with E-state index in [1.165, 1.54) is 0 Å². The molecule has 2 nitrogen and oxygen atoms in total. The molecule has 1 N–H and O–H groups in total. The van der Waals surface area contributed by atoms with Gasteiger partial charge < -0.3 is 9.84 Å². The number of hydrogen-bond acceptors (Lipinski definition) is 2. The van der Waals surface area contributed by atoms with Crippen LogP contribution in [-0.2, 0) is 6.61 Å². The van der Waals surface area contributed by atoms with Gasteiger partial charge in [0.2, 0.25) is 0 Å². The van der Waals surface area contributed by atoms with Crippen LogP contribution in [0.15, 0.2) is 24.8 Å². The standard InChI is InChI=1S/C13H18O2/c1-5-11(4)15-13-9(2)6-12(8-14)7-10(13)3/h5-7,11,14H,1,8H2,2-4H3. The fraction of sp³-hybridized carbons (Fsp3) is 0.385. The van der Waals surface area contributed by atoms with E-state index in [2.05, 4.69) is 6.58 Å². The highest BCUT2D eigenvalue weighted by Gasteiger charge is 2.08. The van der Waals surface area contributed by atoms with Crippen molar-refractivity contribution in [1.82, 2.24) is 0 Å². The summed E-state index contributed by atoms with van der Waals surface area (Å²) < 4.78 is 5.72. The van der Waals surface area contributed by atoms with Gasteiger partial charge >= 0.3 is 0 Å². The molecule has 1 aromatic carbocycles. The summed E-state index contributed by atoms with van der Waals surface area (Å²) >= 11 is 0. The van der Waals surface area contributed by atoms with Crippen LogP contribution in [0.3, 0.4) is 0 Å². The minimum absolute atomic E-state index is 0.00220. The van der Waals surface area contributed by atoms with Crippen molar-refractivity contribution in [2.75, 3.05) is 0 Å². The summed E-state index contributed by atoms with van der Waals surface area (Å²) in [6.45, 7) is 9.67. The Kier molecular flexibility index (Phi) is 3.92. The topological polar surface area (TPSA) is 29.5 Å². The SMILES string of the molecule is C=CC(C)Oc1c(C)cc(CO)cc1C. The van der Waals surface area contributed by atoms with Crippen LogP contribution in [0.4, 0.5) is 0 Å². The summed E-state index contributed by atoms with van der Waals surface area (Å²) in [7, 11) is 0. The highest BCUT2D eigenvalue weighted by molar-refractivity contribution is 5.43. The van der Waals surface area contributed by atoms with E-state index in [9.17, 15) is 0 Å². The maximum absolute atomic E-state index is 9.05. The third-order valence-corrected chi connectivity index (χ3v) is 2.34. The lowest BCUT2D eigenvalue weighted by molar-refractivity contribution is 0.264. The zero-order valence-electron chi connectivity index (χ0n) is 9.58. The maximum Gasteiger partial charge on any atom is 0.126 e. The van der Waals surface area contributed by atoms with Gasteiger partial charge in [-0.3, -0.25) is 0 Å². The van der Waals surface area contributed by atoms with Gasteiger partial charge in [-0.2, -0.15) is 0 Å². The Labute approximate surface area is 91.2 Å². The molecular formula is C13H18O2. The van der Waals surface area contributed by atoms with Crippen molar-refractivity contribution >= 4 is 0 Å². The Morgan fingerprint density at radius 3 is 2.33 bits per heavy atom. The second kappa shape index (κ2) is 4.99. The monoisotopic (exact) mass is 206 g/mol. The van der Waals surface area contributed by atoms with E-state index in [0.29, 0.717) is 0 Å². The minimum Gasteiger partial charge on any atom is -0.486 e. The number of hydrogen-bond donors (Lipinski definition) is 1. The molecule has 0 heterocycles. The van der Waals surface area contributed by atoms with Gasteiger partial charge in [0.25, 0.3) is 0 Å². The molecule has 0 radical (unpaired) electrons. The second-order valence-electron chi connectivity index (χ2n) is 3.78. The molecule has 0 aliphatic heterocycles. The van der Waals surface area contributed by atoms with Crippen LogP contribution >= 0.6 is 0 Å². The van der Waals surface area contributed by atoms with E-state index < -0.39 is 0 Å². The molecule has 1 unspecified atom stereocenters. The summed E-state index contributed by atoms with van der Waals surface area (Å²) in [5.74, 6) is 0.889. The molecule has 15 heavy (non-hydrogen) atoms. The van der Waals surface area contributed by atoms with Gasteiger partial charge in [-0.15, -0.1) is 0 Å². The predicted octanol–water partition coefficient (Wildman–Crippen LogP) is 2.75. The normalized spacial score (nSPS) is 12.3. The third-order valence-electron chi connectivity index (χ3n) is 2.34. The Morgan fingerprint density at radius 1 is 1.40 bits per heavy atom. The molecule has 0 aromatic heterocycles. The van der Waals surface area contributed by atoms with Crippen molar-refractivity contribution in [1.29, 1.82) is 0 Å². The molecule has 0 aliphatic rings. The number of ether oxygens (including phenoxy) is 1. The van der Waals surface area contributed by atoms with E-state index in [4.69, 9.17) is 9.84 Å². The molecule has 0 amide bonds. The molecular weight excluding hydrogens is 188 g/mol. The van der Waals surface area contributed by atoms with Crippen LogP contribution < -0.4 is 4.74 Å². The van der Waals surface area contributed by atoms with Gasteiger partial charge in [-0.1, -0.05) is 24.8 Å². The molecule has 0 bridgehead atoms. The maximum atomic E-state index is 9.05. The molecule has 0 fully saturated rings. The van der Waals surface area contributed by atoms with E-state index in [1.807, 2.05) is 32.9 Å². The Balaban J connectivity index is 3.02. The number of aliphatic hydroxyl groups is 1. The average molecular weight is 206 g/mol. The molecule has 82 valence electrons. The smallest absolute Gasteiger partial charge is 0.126 e. The summed E-state index contributed by atoms with van der Waals surface area (Å²) in [6, 6.07) is 3.89. The number of aryl methyl sites for hydroxylation is 2. The second-order valence-corrected chi connectivity index (χ2v) is 3.78. The first-order valence-corrected chi connectivity index (χ1v) is 5.08. The number of aliphatic hydroxyl groups excluding tert-OH is 1. The van der Waals surface area contributed by atoms with E-state index in [1.54, 1.807) is 6.08 Å². The number of benzene rings is 1. The zero-order chi connectivity index (χ0) is 11.4. The lowest BCUT2D eigenvalue weighted by atomic mass is 10.1. The van der Waals surface area contributed by atoms with Gasteiger partial charge in [0.15, 0.2) is 0 Å². The Hall–Kier alpha value is -1.28. The first kappa shape index (κ1) is 11.8. The highest BCUT2D eigenvalue weighted by Crippen LogP contribution is 2.25. The molecule has 1 atom stereocenters. The predicted molar refractivity (Wildman–Crippen MR) is 62.1 cm³/mol. The molecule has 0 spiro atoms.